The van der Waals surface area contributed by atoms with Crippen LogP contribution in [0.5, 0.6) is 0 Å². The van der Waals surface area contributed by atoms with E-state index in [0.717, 1.165) is 13.0 Å². The third-order valence-electron chi connectivity index (χ3n) is 1.94. The van der Waals surface area contributed by atoms with Gasteiger partial charge in [0.1, 0.15) is 12.7 Å². The Bertz CT molecular complexity index is 195. The molecule has 0 amide bonds. The largest absolute Gasteiger partial charge is 0.320 e. The van der Waals surface area contributed by atoms with Gasteiger partial charge in [-0.3, -0.25) is 4.68 Å². The number of nitrogens with zero attached hydrogens (tertiary/aromatic N) is 3. The highest BCUT2D eigenvalue weighted by Crippen LogP contribution is 2.09. The molecule has 4 nitrogen and oxygen atoms in total. The maximum absolute atomic E-state index is 4.08. The lowest BCUT2D eigenvalue weighted by atomic mass is 10.2. The fraction of sp³-hybridized carbons (Fsp3) is 0.750. The Balaban J connectivity index is 2.25. The third-order valence-corrected chi connectivity index (χ3v) is 1.94. The van der Waals surface area contributed by atoms with Crippen molar-refractivity contribution in [3.05, 3.63) is 12.7 Å². The van der Waals surface area contributed by atoms with Crippen molar-refractivity contribution in [2.24, 2.45) is 0 Å². The van der Waals surface area contributed by atoms with Gasteiger partial charge in [0.2, 0.25) is 0 Å². The van der Waals surface area contributed by atoms with E-state index in [1.807, 2.05) is 11.7 Å². The van der Waals surface area contributed by atoms with Crippen LogP contribution in [0.3, 0.4) is 0 Å². The summed E-state index contributed by atoms with van der Waals surface area (Å²) in [7, 11) is 1.97. The van der Waals surface area contributed by atoms with E-state index in [-0.39, 0.29) is 0 Å². The minimum atomic E-state index is 0.459. The maximum Gasteiger partial charge on any atom is 0.137 e. The van der Waals surface area contributed by atoms with Gasteiger partial charge < -0.3 is 5.32 Å². The van der Waals surface area contributed by atoms with Crippen LogP contribution in [-0.4, -0.2) is 28.4 Å². The average molecular weight is 168 g/mol. The van der Waals surface area contributed by atoms with Crippen LogP contribution >= 0.6 is 0 Å². The summed E-state index contributed by atoms with van der Waals surface area (Å²) in [6.07, 6.45) is 5.67. The zero-order valence-electron chi connectivity index (χ0n) is 7.70. The number of rotatable bonds is 5. The summed E-state index contributed by atoms with van der Waals surface area (Å²) in [5.41, 5.74) is 0. The molecule has 0 aromatic carbocycles. The summed E-state index contributed by atoms with van der Waals surface area (Å²) in [5, 5.41) is 7.20. The molecule has 0 aliphatic rings. The Morgan fingerprint density at radius 3 is 3.00 bits per heavy atom. The predicted octanol–water partition coefficient (Wildman–Crippen LogP) is 0.839. The molecule has 1 heterocycles. The molecule has 0 aliphatic heterocycles. The highest BCUT2D eigenvalue weighted by atomic mass is 15.3. The molecule has 4 heteroatoms. The second-order valence-corrected chi connectivity index (χ2v) is 2.97. The molecule has 0 radical (unpaired) electrons. The zero-order valence-corrected chi connectivity index (χ0v) is 7.70. The van der Waals surface area contributed by atoms with Gasteiger partial charge in [0.15, 0.2) is 0 Å². The predicted molar refractivity (Wildman–Crippen MR) is 47.9 cm³/mol. The minimum Gasteiger partial charge on any atom is -0.320 e. The van der Waals surface area contributed by atoms with Crippen molar-refractivity contribution in [2.75, 3.05) is 13.6 Å². The molecule has 0 fully saturated rings. The molecule has 1 rings (SSSR count). The summed E-state index contributed by atoms with van der Waals surface area (Å²) in [6.45, 7) is 3.23. The fourth-order valence-electron chi connectivity index (χ4n) is 1.15. The molecular weight excluding hydrogens is 152 g/mol. The van der Waals surface area contributed by atoms with Crippen molar-refractivity contribution in [2.45, 2.75) is 25.8 Å². The molecule has 1 aromatic rings. The molecule has 12 heavy (non-hydrogen) atoms. The van der Waals surface area contributed by atoms with Gasteiger partial charge in [0.05, 0.1) is 6.04 Å². The maximum atomic E-state index is 4.08. The molecule has 0 saturated carbocycles. The van der Waals surface area contributed by atoms with Crippen molar-refractivity contribution in [1.29, 1.82) is 0 Å². The summed E-state index contributed by atoms with van der Waals surface area (Å²) in [5.74, 6) is 0. The highest BCUT2D eigenvalue weighted by Gasteiger charge is 2.02. The van der Waals surface area contributed by atoms with Crippen LogP contribution in [-0.2, 0) is 0 Å². The smallest absolute Gasteiger partial charge is 0.137 e. The monoisotopic (exact) mass is 168 g/mol. The van der Waals surface area contributed by atoms with Gasteiger partial charge in [0.25, 0.3) is 0 Å². The quantitative estimate of drug-likeness (QED) is 0.662. The van der Waals surface area contributed by atoms with Crippen LogP contribution in [0.4, 0.5) is 0 Å². The molecule has 0 bridgehead atoms. The average Bonchev–Trinajstić information content (AvgIpc) is 2.56. The van der Waals surface area contributed by atoms with Crippen molar-refractivity contribution >= 4 is 0 Å². The molecule has 0 saturated heterocycles. The minimum absolute atomic E-state index is 0.459. The number of aromatic nitrogens is 3. The lowest BCUT2D eigenvalue weighted by molar-refractivity contribution is 0.442. The number of nitrogens with one attached hydrogen (secondary N) is 1. The van der Waals surface area contributed by atoms with Crippen molar-refractivity contribution in [1.82, 2.24) is 20.1 Å². The Kier molecular flexibility index (Phi) is 3.73. The topological polar surface area (TPSA) is 42.7 Å². The van der Waals surface area contributed by atoms with Gasteiger partial charge in [-0.15, -0.1) is 0 Å². The highest BCUT2D eigenvalue weighted by molar-refractivity contribution is 4.64. The number of hydrogen-bond donors (Lipinski definition) is 1. The first-order chi connectivity index (χ1) is 5.84. The second-order valence-electron chi connectivity index (χ2n) is 2.97. The van der Waals surface area contributed by atoms with E-state index in [4.69, 9.17) is 0 Å². The van der Waals surface area contributed by atoms with Gasteiger partial charge in [-0.2, -0.15) is 5.10 Å². The molecule has 1 atom stereocenters. The molecule has 1 aromatic heterocycles. The zero-order chi connectivity index (χ0) is 8.81. The molecular formula is C8H16N4. The van der Waals surface area contributed by atoms with Crippen molar-refractivity contribution in [3.8, 4) is 0 Å². The lowest BCUT2D eigenvalue weighted by Gasteiger charge is -2.10. The lowest BCUT2D eigenvalue weighted by Crippen LogP contribution is -2.11. The summed E-state index contributed by atoms with van der Waals surface area (Å²) in [6, 6.07) is 0.459. The van der Waals surface area contributed by atoms with E-state index in [1.165, 1.54) is 6.42 Å². The van der Waals surface area contributed by atoms with E-state index < -0.39 is 0 Å². The Hall–Kier alpha value is -0.900. The Morgan fingerprint density at radius 2 is 2.42 bits per heavy atom. The normalized spacial score (nSPS) is 13.2. The van der Waals surface area contributed by atoms with Crippen LogP contribution in [0.25, 0.3) is 0 Å². The summed E-state index contributed by atoms with van der Waals surface area (Å²) >= 11 is 0. The van der Waals surface area contributed by atoms with Crippen LogP contribution in [0.15, 0.2) is 12.7 Å². The third kappa shape index (κ3) is 2.62. The van der Waals surface area contributed by atoms with E-state index in [0.29, 0.717) is 6.04 Å². The van der Waals surface area contributed by atoms with Crippen LogP contribution in [0, 0.1) is 0 Å². The van der Waals surface area contributed by atoms with Gasteiger partial charge in [-0.25, -0.2) is 4.98 Å². The number of hydrogen-bond acceptors (Lipinski definition) is 3. The van der Waals surface area contributed by atoms with Crippen molar-refractivity contribution < 1.29 is 0 Å². The molecule has 1 N–H and O–H groups in total. The SMILES string of the molecule is CNCCCC(C)n1cncn1. The first-order valence-electron chi connectivity index (χ1n) is 4.33. The van der Waals surface area contributed by atoms with Crippen LogP contribution < -0.4 is 5.32 Å². The van der Waals surface area contributed by atoms with Crippen LogP contribution in [0.2, 0.25) is 0 Å². The summed E-state index contributed by atoms with van der Waals surface area (Å²) in [4.78, 5) is 3.91. The van der Waals surface area contributed by atoms with Gasteiger partial charge in [-0.1, -0.05) is 0 Å². The van der Waals surface area contributed by atoms with Gasteiger partial charge in [-0.05, 0) is 33.4 Å². The van der Waals surface area contributed by atoms with Crippen molar-refractivity contribution in [3.63, 3.8) is 0 Å². The van der Waals surface area contributed by atoms with Crippen LogP contribution in [0.1, 0.15) is 25.8 Å². The Labute approximate surface area is 73.0 Å². The second kappa shape index (κ2) is 4.87. The molecule has 0 spiro atoms. The first kappa shape index (κ1) is 9.19. The molecule has 1 unspecified atom stereocenters. The van der Waals surface area contributed by atoms with Gasteiger partial charge >= 0.3 is 0 Å². The molecule has 0 aliphatic carbocycles. The van der Waals surface area contributed by atoms with E-state index in [2.05, 4.69) is 22.3 Å². The molecule has 68 valence electrons. The standard InChI is InChI=1S/C8H16N4/c1-8(4-3-5-9-2)12-7-10-6-11-12/h6-9H,3-5H2,1-2H3. The van der Waals surface area contributed by atoms with E-state index >= 15 is 0 Å². The van der Waals surface area contributed by atoms with Gasteiger partial charge in [0, 0.05) is 0 Å². The fourth-order valence-corrected chi connectivity index (χ4v) is 1.15. The Morgan fingerprint density at radius 1 is 1.58 bits per heavy atom. The summed E-state index contributed by atoms with van der Waals surface area (Å²) < 4.78 is 1.90. The first-order valence-corrected chi connectivity index (χ1v) is 4.33. The van der Waals surface area contributed by atoms with E-state index in [1.54, 1.807) is 12.7 Å². The van der Waals surface area contributed by atoms with E-state index in [9.17, 15) is 0 Å².